The zero-order valence-electron chi connectivity index (χ0n) is 11.6. The molecule has 0 aromatic heterocycles. The van der Waals surface area contributed by atoms with Crippen molar-refractivity contribution < 1.29 is 14.7 Å². The van der Waals surface area contributed by atoms with Crippen molar-refractivity contribution in [2.75, 3.05) is 5.32 Å². The van der Waals surface area contributed by atoms with E-state index in [1.807, 2.05) is 0 Å². The van der Waals surface area contributed by atoms with E-state index in [9.17, 15) is 14.7 Å². The molecular formula is C15H20N2O3. The molecular weight excluding hydrogens is 256 g/mol. The van der Waals surface area contributed by atoms with Gasteiger partial charge in [0.15, 0.2) is 5.78 Å². The molecule has 2 amide bonds. The van der Waals surface area contributed by atoms with Gasteiger partial charge in [0, 0.05) is 11.3 Å². The Balaban J connectivity index is 1.94. The third-order valence-electron chi connectivity index (χ3n) is 3.57. The number of nitrogens with one attached hydrogen (secondary N) is 2. The maximum atomic E-state index is 11.9. The lowest BCUT2D eigenvalue weighted by Crippen LogP contribution is -2.46. The molecule has 5 heteroatoms. The van der Waals surface area contributed by atoms with Gasteiger partial charge in [-0.3, -0.25) is 4.79 Å². The molecule has 1 aromatic carbocycles. The summed E-state index contributed by atoms with van der Waals surface area (Å²) in [5.41, 5.74) is 1.13. The Kier molecular flexibility index (Phi) is 4.74. The second kappa shape index (κ2) is 6.52. The first-order chi connectivity index (χ1) is 9.56. The number of anilines is 1. The van der Waals surface area contributed by atoms with Crippen molar-refractivity contribution in [1.82, 2.24) is 5.32 Å². The van der Waals surface area contributed by atoms with Crippen LogP contribution in [0.25, 0.3) is 0 Å². The summed E-state index contributed by atoms with van der Waals surface area (Å²) >= 11 is 0. The number of Topliss-reactive ketones (excluding diaryl/α,β-unsaturated/α-hetero) is 1. The van der Waals surface area contributed by atoms with Gasteiger partial charge in [-0.2, -0.15) is 0 Å². The van der Waals surface area contributed by atoms with Crippen molar-refractivity contribution in [3.63, 3.8) is 0 Å². The van der Waals surface area contributed by atoms with Crippen LogP contribution in [0.2, 0.25) is 0 Å². The molecule has 1 aliphatic carbocycles. The van der Waals surface area contributed by atoms with E-state index in [2.05, 4.69) is 10.6 Å². The molecule has 20 heavy (non-hydrogen) atoms. The van der Waals surface area contributed by atoms with Gasteiger partial charge in [-0.25, -0.2) is 4.79 Å². The first kappa shape index (κ1) is 14.5. The first-order valence-electron chi connectivity index (χ1n) is 6.93. The lowest BCUT2D eigenvalue weighted by Gasteiger charge is -2.28. The molecule has 2 rings (SSSR count). The van der Waals surface area contributed by atoms with Gasteiger partial charge in [0.1, 0.15) is 0 Å². The summed E-state index contributed by atoms with van der Waals surface area (Å²) in [5, 5.41) is 15.3. The Morgan fingerprint density at radius 3 is 2.70 bits per heavy atom. The van der Waals surface area contributed by atoms with Crippen LogP contribution in [0.4, 0.5) is 10.5 Å². The predicted molar refractivity (Wildman–Crippen MR) is 76.9 cm³/mol. The van der Waals surface area contributed by atoms with Crippen molar-refractivity contribution in [2.24, 2.45) is 0 Å². The second-order valence-electron chi connectivity index (χ2n) is 5.19. The normalized spacial score (nSPS) is 22.1. The Bertz CT molecular complexity index is 502. The van der Waals surface area contributed by atoms with E-state index < -0.39 is 6.10 Å². The van der Waals surface area contributed by atoms with Gasteiger partial charge >= 0.3 is 6.03 Å². The molecule has 0 aliphatic heterocycles. The Hall–Kier alpha value is -1.88. The molecule has 108 valence electrons. The fourth-order valence-corrected chi connectivity index (χ4v) is 2.43. The maximum Gasteiger partial charge on any atom is 0.319 e. The lowest BCUT2D eigenvalue weighted by atomic mass is 9.93. The minimum Gasteiger partial charge on any atom is -0.391 e. The summed E-state index contributed by atoms with van der Waals surface area (Å²) in [6.07, 6.45) is 3.06. The lowest BCUT2D eigenvalue weighted by molar-refractivity contribution is 0.0955. The van der Waals surface area contributed by atoms with Crippen LogP contribution in [0.3, 0.4) is 0 Å². The third-order valence-corrected chi connectivity index (χ3v) is 3.57. The fourth-order valence-electron chi connectivity index (χ4n) is 2.43. The van der Waals surface area contributed by atoms with Gasteiger partial charge < -0.3 is 15.7 Å². The topological polar surface area (TPSA) is 78.4 Å². The number of hydrogen-bond donors (Lipinski definition) is 3. The van der Waals surface area contributed by atoms with E-state index in [1.165, 1.54) is 6.92 Å². The number of carbonyl (C=O) groups excluding carboxylic acids is 2. The number of ketones is 1. The third kappa shape index (κ3) is 3.81. The van der Waals surface area contributed by atoms with Gasteiger partial charge in [0.25, 0.3) is 0 Å². The van der Waals surface area contributed by atoms with Gasteiger partial charge in [-0.1, -0.05) is 25.0 Å². The number of aliphatic hydroxyl groups is 1. The Morgan fingerprint density at radius 1 is 1.25 bits per heavy atom. The van der Waals surface area contributed by atoms with Crippen LogP contribution in [0.1, 0.15) is 43.0 Å². The van der Waals surface area contributed by atoms with Crippen LogP contribution in [0, 0.1) is 0 Å². The molecule has 0 saturated heterocycles. The molecule has 2 atom stereocenters. The minimum atomic E-state index is -0.474. The van der Waals surface area contributed by atoms with Crippen LogP contribution in [-0.2, 0) is 0 Å². The SMILES string of the molecule is CC(=O)c1cccc(NC(=O)N[C@@H]2CCCC[C@@H]2O)c1. The van der Waals surface area contributed by atoms with Gasteiger partial charge in [-0.05, 0) is 31.9 Å². The largest absolute Gasteiger partial charge is 0.391 e. The van der Waals surface area contributed by atoms with Crippen LogP contribution in [0.5, 0.6) is 0 Å². The van der Waals surface area contributed by atoms with E-state index in [1.54, 1.807) is 24.3 Å². The highest BCUT2D eigenvalue weighted by Crippen LogP contribution is 2.18. The molecule has 5 nitrogen and oxygen atoms in total. The highest BCUT2D eigenvalue weighted by molar-refractivity contribution is 5.96. The zero-order chi connectivity index (χ0) is 14.5. The van der Waals surface area contributed by atoms with Crippen molar-refractivity contribution in [2.45, 2.75) is 44.8 Å². The number of rotatable bonds is 3. The molecule has 1 aliphatic rings. The van der Waals surface area contributed by atoms with E-state index in [4.69, 9.17) is 0 Å². The summed E-state index contributed by atoms with van der Waals surface area (Å²) in [4.78, 5) is 23.2. The standard InChI is InChI=1S/C15H20N2O3/c1-10(18)11-5-4-6-12(9-11)16-15(20)17-13-7-2-3-8-14(13)19/h4-6,9,13-14,19H,2-3,7-8H2,1H3,(H2,16,17,20)/t13-,14+/m1/s1. The van der Waals surface area contributed by atoms with Crippen molar-refractivity contribution >= 4 is 17.5 Å². The second-order valence-corrected chi connectivity index (χ2v) is 5.19. The maximum absolute atomic E-state index is 11.9. The molecule has 0 radical (unpaired) electrons. The smallest absolute Gasteiger partial charge is 0.319 e. The Labute approximate surface area is 118 Å². The average molecular weight is 276 g/mol. The molecule has 1 fully saturated rings. The van der Waals surface area contributed by atoms with Crippen molar-refractivity contribution in [1.29, 1.82) is 0 Å². The van der Waals surface area contributed by atoms with E-state index >= 15 is 0 Å². The molecule has 1 aromatic rings. The van der Waals surface area contributed by atoms with Gasteiger partial charge in [-0.15, -0.1) is 0 Å². The van der Waals surface area contributed by atoms with Crippen LogP contribution < -0.4 is 10.6 Å². The van der Waals surface area contributed by atoms with E-state index in [0.717, 1.165) is 25.7 Å². The molecule has 3 N–H and O–H groups in total. The molecule has 1 saturated carbocycles. The monoisotopic (exact) mass is 276 g/mol. The minimum absolute atomic E-state index is 0.0447. The Morgan fingerprint density at radius 2 is 2.00 bits per heavy atom. The molecule has 0 heterocycles. The zero-order valence-corrected chi connectivity index (χ0v) is 11.6. The molecule has 0 bridgehead atoms. The summed E-state index contributed by atoms with van der Waals surface area (Å²) in [7, 11) is 0. The summed E-state index contributed by atoms with van der Waals surface area (Å²) in [6.45, 7) is 1.48. The van der Waals surface area contributed by atoms with Gasteiger partial charge in [0.2, 0.25) is 0 Å². The van der Waals surface area contributed by atoms with Gasteiger partial charge in [0.05, 0.1) is 12.1 Å². The number of hydrogen-bond acceptors (Lipinski definition) is 3. The number of amides is 2. The quantitative estimate of drug-likeness (QED) is 0.741. The summed E-state index contributed by atoms with van der Waals surface area (Å²) in [6, 6.07) is 6.25. The number of aliphatic hydroxyl groups excluding tert-OH is 1. The summed E-state index contributed by atoms with van der Waals surface area (Å²) in [5.74, 6) is -0.0447. The molecule has 0 spiro atoms. The highest BCUT2D eigenvalue weighted by Gasteiger charge is 2.24. The highest BCUT2D eigenvalue weighted by atomic mass is 16.3. The van der Waals surface area contributed by atoms with Crippen LogP contribution in [-0.4, -0.2) is 29.1 Å². The number of benzene rings is 1. The average Bonchev–Trinajstić information content (AvgIpc) is 2.41. The fraction of sp³-hybridized carbons (Fsp3) is 0.467. The first-order valence-corrected chi connectivity index (χ1v) is 6.93. The van der Waals surface area contributed by atoms with Crippen molar-refractivity contribution in [3.05, 3.63) is 29.8 Å². The number of carbonyl (C=O) groups is 2. The van der Waals surface area contributed by atoms with Crippen LogP contribution >= 0.6 is 0 Å². The van der Waals surface area contributed by atoms with E-state index in [0.29, 0.717) is 11.3 Å². The van der Waals surface area contributed by atoms with Crippen LogP contribution in [0.15, 0.2) is 24.3 Å². The predicted octanol–water partition coefficient (Wildman–Crippen LogP) is 2.31. The number of urea groups is 1. The summed E-state index contributed by atoms with van der Waals surface area (Å²) < 4.78 is 0. The van der Waals surface area contributed by atoms with E-state index in [-0.39, 0.29) is 17.9 Å². The van der Waals surface area contributed by atoms with Crippen molar-refractivity contribution in [3.8, 4) is 0 Å². The molecule has 0 unspecified atom stereocenters.